The molecule has 1 aromatic rings. The van der Waals surface area contributed by atoms with Crippen LogP contribution in [0.3, 0.4) is 0 Å². The molecule has 3 N–H and O–H groups in total. The Kier molecular flexibility index (Phi) is 3.62. The zero-order chi connectivity index (χ0) is 11.4. The largest absolute Gasteiger partial charge is 0.393 e. The predicted octanol–water partition coefficient (Wildman–Crippen LogP) is 1.70. The van der Waals surface area contributed by atoms with Gasteiger partial charge in [-0.2, -0.15) is 0 Å². The SMILES string of the molecule is CCNc1cccc(NCC2CC(O)C2)n1. The number of anilines is 2. The molecule has 0 unspecified atom stereocenters. The van der Waals surface area contributed by atoms with Gasteiger partial charge in [-0.1, -0.05) is 6.07 Å². The Morgan fingerprint density at radius 1 is 1.31 bits per heavy atom. The first kappa shape index (κ1) is 11.2. The van der Waals surface area contributed by atoms with Crippen LogP contribution in [0.25, 0.3) is 0 Å². The van der Waals surface area contributed by atoms with Gasteiger partial charge in [0.25, 0.3) is 0 Å². The van der Waals surface area contributed by atoms with Gasteiger partial charge in [-0.25, -0.2) is 4.98 Å². The summed E-state index contributed by atoms with van der Waals surface area (Å²) < 4.78 is 0. The van der Waals surface area contributed by atoms with Crippen molar-refractivity contribution in [1.29, 1.82) is 0 Å². The molecule has 16 heavy (non-hydrogen) atoms. The number of pyridine rings is 1. The first-order valence-electron chi connectivity index (χ1n) is 5.90. The van der Waals surface area contributed by atoms with Crippen LogP contribution in [0.2, 0.25) is 0 Å². The molecule has 0 spiro atoms. The van der Waals surface area contributed by atoms with Crippen LogP contribution < -0.4 is 10.6 Å². The van der Waals surface area contributed by atoms with Gasteiger partial charge in [0.2, 0.25) is 0 Å². The Labute approximate surface area is 96.1 Å². The summed E-state index contributed by atoms with van der Waals surface area (Å²) >= 11 is 0. The van der Waals surface area contributed by atoms with Crippen LogP contribution in [0.5, 0.6) is 0 Å². The van der Waals surface area contributed by atoms with E-state index < -0.39 is 0 Å². The molecular weight excluding hydrogens is 202 g/mol. The van der Waals surface area contributed by atoms with Gasteiger partial charge >= 0.3 is 0 Å². The molecule has 88 valence electrons. The van der Waals surface area contributed by atoms with Crippen LogP contribution in [0.4, 0.5) is 11.6 Å². The van der Waals surface area contributed by atoms with Crippen LogP contribution >= 0.6 is 0 Å². The van der Waals surface area contributed by atoms with Crippen molar-refractivity contribution in [3.05, 3.63) is 18.2 Å². The quantitative estimate of drug-likeness (QED) is 0.708. The average Bonchev–Trinajstić information content (AvgIpc) is 2.24. The maximum Gasteiger partial charge on any atom is 0.128 e. The molecule has 0 saturated heterocycles. The zero-order valence-corrected chi connectivity index (χ0v) is 9.61. The van der Waals surface area contributed by atoms with Crippen molar-refractivity contribution in [2.24, 2.45) is 5.92 Å². The van der Waals surface area contributed by atoms with E-state index in [0.29, 0.717) is 5.92 Å². The molecule has 0 atom stereocenters. The van der Waals surface area contributed by atoms with Gasteiger partial charge in [0, 0.05) is 13.1 Å². The summed E-state index contributed by atoms with van der Waals surface area (Å²) in [5, 5.41) is 15.7. The number of nitrogens with one attached hydrogen (secondary N) is 2. The number of aliphatic hydroxyl groups excluding tert-OH is 1. The summed E-state index contributed by atoms with van der Waals surface area (Å²) in [5.41, 5.74) is 0. The van der Waals surface area contributed by atoms with Crippen LogP contribution in [-0.4, -0.2) is 29.3 Å². The van der Waals surface area contributed by atoms with Gasteiger partial charge in [-0.15, -0.1) is 0 Å². The van der Waals surface area contributed by atoms with Crippen LogP contribution in [0.15, 0.2) is 18.2 Å². The molecule has 1 heterocycles. The monoisotopic (exact) mass is 221 g/mol. The summed E-state index contributed by atoms with van der Waals surface area (Å²) in [6.45, 7) is 3.84. The molecular formula is C12H19N3O. The number of nitrogens with zero attached hydrogens (tertiary/aromatic N) is 1. The lowest BCUT2D eigenvalue weighted by molar-refractivity contribution is 0.0486. The van der Waals surface area contributed by atoms with Crippen molar-refractivity contribution in [3.63, 3.8) is 0 Å². The van der Waals surface area contributed by atoms with E-state index in [2.05, 4.69) is 22.5 Å². The summed E-state index contributed by atoms with van der Waals surface area (Å²) in [4.78, 5) is 4.43. The zero-order valence-electron chi connectivity index (χ0n) is 9.61. The van der Waals surface area contributed by atoms with Crippen molar-refractivity contribution in [3.8, 4) is 0 Å². The Bertz CT molecular complexity index is 337. The summed E-state index contributed by atoms with van der Waals surface area (Å²) in [6, 6.07) is 5.92. The van der Waals surface area contributed by atoms with Crippen molar-refractivity contribution in [2.45, 2.75) is 25.9 Å². The van der Waals surface area contributed by atoms with Crippen LogP contribution in [0, 0.1) is 5.92 Å². The minimum absolute atomic E-state index is 0.0761. The number of aromatic nitrogens is 1. The standard InChI is InChI=1S/C12H19N3O/c1-2-13-11-4-3-5-12(15-11)14-8-9-6-10(16)7-9/h3-5,9-10,16H,2,6-8H2,1H3,(H2,13,14,15). The first-order chi connectivity index (χ1) is 7.78. The molecule has 0 aromatic carbocycles. The third-order valence-corrected chi connectivity index (χ3v) is 2.89. The van der Waals surface area contributed by atoms with E-state index in [0.717, 1.165) is 37.6 Å². The third kappa shape index (κ3) is 2.85. The second-order valence-corrected chi connectivity index (χ2v) is 4.31. The van der Waals surface area contributed by atoms with E-state index in [4.69, 9.17) is 0 Å². The smallest absolute Gasteiger partial charge is 0.128 e. The summed E-state index contributed by atoms with van der Waals surface area (Å²) in [6.07, 6.45) is 1.76. The number of hydrogen-bond donors (Lipinski definition) is 3. The van der Waals surface area contributed by atoms with Gasteiger partial charge in [0.1, 0.15) is 11.6 Å². The van der Waals surface area contributed by atoms with Crippen molar-refractivity contribution >= 4 is 11.6 Å². The molecule has 4 heteroatoms. The molecule has 0 aliphatic heterocycles. The fraction of sp³-hybridized carbons (Fsp3) is 0.583. The van der Waals surface area contributed by atoms with Gasteiger partial charge in [0.05, 0.1) is 6.10 Å². The van der Waals surface area contributed by atoms with Gasteiger partial charge in [0.15, 0.2) is 0 Å². The second kappa shape index (κ2) is 5.16. The molecule has 1 aliphatic carbocycles. The van der Waals surface area contributed by atoms with E-state index in [1.807, 2.05) is 18.2 Å². The number of rotatable bonds is 5. The van der Waals surface area contributed by atoms with Crippen LogP contribution in [-0.2, 0) is 0 Å². The van der Waals surface area contributed by atoms with Gasteiger partial charge in [-0.3, -0.25) is 0 Å². The second-order valence-electron chi connectivity index (χ2n) is 4.31. The van der Waals surface area contributed by atoms with E-state index in [1.165, 1.54) is 0 Å². The average molecular weight is 221 g/mol. The molecule has 1 fully saturated rings. The Balaban J connectivity index is 1.81. The molecule has 4 nitrogen and oxygen atoms in total. The predicted molar refractivity (Wildman–Crippen MR) is 65.6 cm³/mol. The maximum atomic E-state index is 9.18. The van der Waals surface area contributed by atoms with Gasteiger partial charge in [-0.05, 0) is 37.8 Å². The normalized spacial score (nSPS) is 23.6. The number of hydrogen-bond acceptors (Lipinski definition) is 4. The minimum Gasteiger partial charge on any atom is -0.393 e. The summed E-state index contributed by atoms with van der Waals surface area (Å²) in [5.74, 6) is 2.40. The summed E-state index contributed by atoms with van der Waals surface area (Å²) in [7, 11) is 0. The highest BCUT2D eigenvalue weighted by atomic mass is 16.3. The molecule has 0 bridgehead atoms. The van der Waals surface area contributed by atoms with Crippen molar-refractivity contribution in [2.75, 3.05) is 23.7 Å². The lowest BCUT2D eigenvalue weighted by Gasteiger charge is -2.31. The fourth-order valence-electron chi connectivity index (χ4n) is 1.93. The first-order valence-corrected chi connectivity index (χ1v) is 5.90. The Morgan fingerprint density at radius 2 is 2.00 bits per heavy atom. The molecule has 2 rings (SSSR count). The van der Waals surface area contributed by atoms with E-state index in [1.54, 1.807) is 0 Å². The highest BCUT2D eigenvalue weighted by Crippen LogP contribution is 2.27. The van der Waals surface area contributed by atoms with Gasteiger partial charge < -0.3 is 15.7 Å². The van der Waals surface area contributed by atoms with Crippen molar-refractivity contribution in [1.82, 2.24) is 4.98 Å². The number of aliphatic hydroxyl groups is 1. The Morgan fingerprint density at radius 3 is 2.62 bits per heavy atom. The minimum atomic E-state index is -0.0761. The topological polar surface area (TPSA) is 57.2 Å². The van der Waals surface area contributed by atoms with Crippen LogP contribution in [0.1, 0.15) is 19.8 Å². The van der Waals surface area contributed by atoms with Crippen molar-refractivity contribution < 1.29 is 5.11 Å². The lowest BCUT2D eigenvalue weighted by atomic mass is 9.82. The fourth-order valence-corrected chi connectivity index (χ4v) is 1.93. The lowest BCUT2D eigenvalue weighted by Crippen LogP contribution is -2.33. The van der Waals surface area contributed by atoms with E-state index in [9.17, 15) is 5.11 Å². The molecule has 0 radical (unpaired) electrons. The van der Waals surface area contributed by atoms with E-state index in [-0.39, 0.29) is 6.10 Å². The molecule has 0 amide bonds. The third-order valence-electron chi connectivity index (χ3n) is 2.89. The van der Waals surface area contributed by atoms with E-state index >= 15 is 0 Å². The molecule has 1 saturated carbocycles. The highest BCUT2D eigenvalue weighted by Gasteiger charge is 2.26. The maximum absolute atomic E-state index is 9.18. The molecule has 1 aliphatic rings. The highest BCUT2D eigenvalue weighted by molar-refractivity contribution is 5.45. The molecule has 1 aromatic heterocycles. The Hall–Kier alpha value is -1.29.